The number of rotatable bonds is 3. The second-order valence-electron chi connectivity index (χ2n) is 4.05. The number of benzene rings is 1. The SMILES string of the molecule is CC[C@H]1CN=C(Nc2ccc(C(C)=O)cc2)S1. The molecule has 17 heavy (non-hydrogen) atoms. The summed E-state index contributed by atoms with van der Waals surface area (Å²) in [5, 5.41) is 4.86. The minimum atomic E-state index is 0.0928. The molecule has 0 aliphatic carbocycles. The van der Waals surface area contributed by atoms with E-state index in [1.54, 1.807) is 18.7 Å². The Balaban J connectivity index is 1.98. The van der Waals surface area contributed by atoms with E-state index in [-0.39, 0.29) is 5.78 Å². The van der Waals surface area contributed by atoms with Crippen molar-refractivity contribution in [2.75, 3.05) is 11.9 Å². The molecular weight excluding hydrogens is 232 g/mol. The Kier molecular flexibility index (Phi) is 3.84. The molecule has 1 aliphatic rings. The molecule has 90 valence electrons. The third-order valence-electron chi connectivity index (χ3n) is 2.71. The predicted molar refractivity (Wildman–Crippen MR) is 74.0 cm³/mol. The summed E-state index contributed by atoms with van der Waals surface area (Å²) in [5.41, 5.74) is 1.72. The molecule has 0 aromatic heterocycles. The van der Waals surface area contributed by atoms with Gasteiger partial charge in [0, 0.05) is 16.5 Å². The van der Waals surface area contributed by atoms with Crippen molar-refractivity contribution in [3.8, 4) is 0 Å². The zero-order chi connectivity index (χ0) is 12.3. The van der Waals surface area contributed by atoms with E-state index in [0.717, 1.165) is 29.4 Å². The molecule has 1 aromatic carbocycles. The predicted octanol–water partition coefficient (Wildman–Crippen LogP) is 3.18. The van der Waals surface area contributed by atoms with Crippen molar-refractivity contribution < 1.29 is 4.79 Å². The molecule has 0 spiro atoms. The number of thioether (sulfide) groups is 1. The number of hydrogen-bond acceptors (Lipinski definition) is 4. The minimum absolute atomic E-state index is 0.0928. The van der Waals surface area contributed by atoms with Crippen LogP contribution in [0.3, 0.4) is 0 Å². The topological polar surface area (TPSA) is 41.5 Å². The van der Waals surface area contributed by atoms with Gasteiger partial charge in [-0.15, -0.1) is 0 Å². The normalized spacial score (nSPS) is 18.9. The third-order valence-corrected chi connectivity index (χ3v) is 3.99. The molecule has 0 amide bonds. The van der Waals surface area contributed by atoms with Gasteiger partial charge in [0.2, 0.25) is 0 Å². The highest BCUT2D eigenvalue weighted by molar-refractivity contribution is 8.15. The summed E-state index contributed by atoms with van der Waals surface area (Å²) in [4.78, 5) is 15.6. The van der Waals surface area contributed by atoms with Crippen LogP contribution in [0.2, 0.25) is 0 Å². The monoisotopic (exact) mass is 248 g/mol. The molecule has 0 radical (unpaired) electrons. The zero-order valence-corrected chi connectivity index (χ0v) is 10.9. The minimum Gasteiger partial charge on any atom is -0.335 e. The zero-order valence-electron chi connectivity index (χ0n) is 10.1. The second-order valence-corrected chi connectivity index (χ2v) is 5.34. The van der Waals surface area contributed by atoms with Crippen LogP contribution in [-0.4, -0.2) is 22.7 Å². The average Bonchev–Trinajstić information content (AvgIpc) is 2.77. The number of hydrogen-bond donors (Lipinski definition) is 1. The summed E-state index contributed by atoms with van der Waals surface area (Å²) in [6.07, 6.45) is 1.14. The third kappa shape index (κ3) is 3.09. The number of ketones is 1. The molecule has 1 aromatic rings. The summed E-state index contributed by atoms with van der Waals surface area (Å²) >= 11 is 1.79. The van der Waals surface area contributed by atoms with Crippen LogP contribution in [0.15, 0.2) is 29.3 Å². The molecule has 2 rings (SSSR count). The maximum Gasteiger partial charge on any atom is 0.161 e. The van der Waals surface area contributed by atoms with Gasteiger partial charge in [-0.05, 0) is 37.6 Å². The van der Waals surface area contributed by atoms with E-state index in [4.69, 9.17) is 0 Å². The lowest BCUT2D eigenvalue weighted by Gasteiger charge is -2.07. The summed E-state index contributed by atoms with van der Waals surface area (Å²) < 4.78 is 0. The van der Waals surface area contributed by atoms with E-state index in [2.05, 4.69) is 17.2 Å². The van der Waals surface area contributed by atoms with Crippen LogP contribution < -0.4 is 5.32 Å². The number of aliphatic imine (C=N–C) groups is 1. The van der Waals surface area contributed by atoms with Crippen molar-refractivity contribution >= 4 is 28.4 Å². The highest BCUT2D eigenvalue weighted by atomic mass is 32.2. The van der Waals surface area contributed by atoms with Gasteiger partial charge in [-0.3, -0.25) is 9.79 Å². The van der Waals surface area contributed by atoms with Crippen molar-refractivity contribution in [3.05, 3.63) is 29.8 Å². The fraction of sp³-hybridized carbons (Fsp3) is 0.385. The highest BCUT2D eigenvalue weighted by Crippen LogP contribution is 2.24. The summed E-state index contributed by atoms with van der Waals surface area (Å²) in [6, 6.07) is 7.50. The summed E-state index contributed by atoms with van der Waals surface area (Å²) in [5.74, 6) is 0.0928. The first kappa shape index (κ1) is 12.2. The van der Waals surface area contributed by atoms with Crippen LogP contribution in [0.25, 0.3) is 0 Å². The maximum absolute atomic E-state index is 11.1. The fourth-order valence-electron chi connectivity index (χ4n) is 1.61. The van der Waals surface area contributed by atoms with Crippen LogP contribution in [0.4, 0.5) is 5.69 Å². The number of amidine groups is 1. The van der Waals surface area contributed by atoms with Crippen LogP contribution >= 0.6 is 11.8 Å². The Labute approximate surface area is 106 Å². The molecule has 1 aliphatic heterocycles. The number of Topliss-reactive ketones (excluding diaryl/α,β-unsaturated/α-hetero) is 1. The fourth-order valence-corrected chi connectivity index (χ4v) is 2.57. The molecule has 0 bridgehead atoms. The van der Waals surface area contributed by atoms with Gasteiger partial charge in [0.25, 0.3) is 0 Å². The van der Waals surface area contributed by atoms with Crippen molar-refractivity contribution in [2.24, 2.45) is 4.99 Å². The molecule has 1 N–H and O–H groups in total. The van der Waals surface area contributed by atoms with Gasteiger partial charge in [-0.1, -0.05) is 18.7 Å². The summed E-state index contributed by atoms with van der Waals surface area (Å²) in [7, 11) is 0. The lowest BCUT2D eigenvalue weighted by molar-refractivity contribution is 0.101. The quantitative estimate of drug-likeness (QED) is 0.835. The maximum atomic E-state index is 11.1. The lowest BCUT2D eigenvalue weighted by Crippen LogP contribution is -2.07. The van der Waals surface area contributed by atoms with Crippen molar-refractivity contribution in [2.45, 2.75) is 25.5 Å². The molecule has 3 nitrogen and oxygen atoms in total. The number of carbonyl (C=O) groups excluding carboxylic acids is 1. The van der Waals surface area contributed by atoms with Gasteiger partial charge in [-0.25, -0.2) is 0 Å². The van der Waals surface area contributed by atoms with Gasteiger partial charge in [0.05, 0.1) is 6.54 Å². The first-order valence-corrected chi connectivity index (χ1v) is 6.66. The van der Waals surface area contributed by atoms with Crippen LogP contribution in [0.1, 0.15) is 30.6 Å². The van der Waals surface area contributed by atoms with E-state index in [0.29, 0.717) is 5.25 Å². The van der Waals surface area contributed by atoms with Gasteiger partial charge in [0.1, 0.15) is 0 Å². The largest absolute Gasteiger partial charge is 0.335 e. The van der Waals surface area contributed by atoms with E-state index in [9.17, 15) is 4.79 Å². The van der Waals surface area contributed by atoms with E-state index >= 15 is 0 Å². The smallest absolute Gasteiger partial charge is 0.161 e. The molecule has 0 fully saturated rings. The molecular formula is C13H16N2OS. The standard InChI is InChI=1S/C13H16N2OS/c1-3-12-8-14-13(17-12)15-11-6-4-10(5-7-11)9(2)16/h4-7,12H,3,8H2,1-2H3,(H,14,15)/t12-/m0/s1. The molecule has 0 saturated heterocycles. The summed E-state index contributed by atoms with van der Waals surface area (Å²) in [6.45, 7) is 4.65. The van der Waals surface area contributed by atoms with Gasteiger partial charge in [-0.2, -0.15) is 0 Å². The second kappa shape index (κ2) is 5.36. The molecule has 1 heterocycles. The van der Waals surface area contributed by atoms with E-state index in [1.165, 1.54) is 0 Å². The van der Waals surface area contributed by atoms with Crippen molar-refractivity contribution in [3.63, 3.8) is 0 Å². The molecule has 0 saturated carbocycles. The Morgan fingerprint density at radius 2 is 2.18 bits per heavy atom. The Bertz CT molecular complexity index is 439. The van der Waals surface area contributed by atoms with Crippen LogP contribution in [-0.2, 0) is 0 Å². The van der Waals surface area contributed by atoms with Gasteiger partial charge < -0.3 is 5.32 Å². The number of anilines is 1. The van der Waals surface area contributed by atoms with E-state index in [1.807, 2.05) is 24.3 Å². The molecule has 0 unspecified atom stereocenters. The lowest BCUT2D eigenvalue weighted by atomic mass is 10.1. The molecule has 4 heteroatoms. The number of nitrogens with zero attached hydrogens (tertiary/aromatic N) is 1. The highest BCUT2D eigenvalue weighted by Gasteiger charge is 2.17. The first-order valence-electron chi connectivity index (χ1n) is 5.78. The van der Waals surface area contributed by atoms with Crippen molar-refractivity contribution in [1.29, 1.82) is 0 Å². The first-order chi connectivity index (χ1) is 8.19. The Morgan fingerprint density at radius 1 is 1.47 bits per heavy atom. The number of nitrogens with one attached hydrogen (secondary N) is 1. The average molecular weight is 248 g/mol. The van der Waals surface area contributed by atoms with Gasteiger partial charge >= 0.3 is 0 Å². The van der Waals surface area contributed by atoms with Crippen molar-refractivity contribution in [1.82, 2.24) is 0 Å². The Hall–Kier alpha value is -1.29. The van der Waals surface area contributed by atoms with Crippen LogP contribution in [0.5, 0.6) is 0 Å². The van der Waals surface area contributed by atoms with E-state index < -0.39 is 0 Å². The Morgan fingerprint density at radius 3 is 2.71 bits per heavy atom. The molecule has 1 atom stereocenters. The van der Waals surface area contributed by atoms with Gasteiger partial charge in [0.15, 0.2) is 11.0 Å². The van der Waals surface area contributed by atoms with Crippen LogP contribution in [0, 0.1) is 0 Å². The number of carbonyl (C=O) groups is 1.